The minimum absolute atomic E-state index is 0.0496. The summed E-state index contributed by atoms with van der Waals surface area (Å²) in [5, 5.41) is 20.5. The molecule has 0 aromatic carbocycles. The number of aliphatic hydroxyl groups excluding tert-OH is 2. The van der Waals surface area contributed by atoms with Crippen molar-refractivity contribution in [3.05, 3.63) is 48.6 Å². The van der Waals surface area contributed by atoms with Gasteiger partial charge in [-0.1, -0.05) is 107 Å². The molecule has 0 spiro atoms. The first-order valence-electron chi connectivity index (χ1n) is 18.1. The highest BCUT2D eigenvalue weighted by atomic mass is 31.2. The fourth-order valence-corrected chi connectivity index (χ4v) is 4.99. The zero-order valence-electron chi connectivity index (χ0n) is 29.6. The molecule has 0 bridgehead atoms. The Labute approximate surface area is 290 Å². The van der Waals surface area contributed by atoms with Gasteiger partial charge in [-0.25, -0.2) is 4.57 Å². The summed E-state index contributed by atoms with van der Waals surface area (Å²) in [5.41, 5.74) is 0. The molecule has 10 nitrogen and oxygen atoms in total. The summed E-state index contributed by atoms with van der Waals surface area (Å²) in [6.45, 7) is 3.32. The summed E-state index contributed by atoms with van der Waals surface area (Å²) in [7, 11) is -4.82. The molecule has 0 amide bonds. The molecule has 0 aromatic rings. The number of phosphoric ester groups is 1. The number of hydrogen-bond acceptors (Lipinski definition) is 8. The zero-order valence-corrected chi connectivity index (χ0v) is 30.5. The zero-order chi connectivity index (χ0) is 35.7. The smallest absolute Gasteiger partial charge is 0.462 e. The van der Waals surface area contributed by atoms with Crippen LogP contribution in [0.2, 0.25) is 0 Å². The van der Waals surface area contributed by atoms with E-state index in [1.165, 1.54) is 32.1 Å². The lowest BCUT2D eigenvalue weighted by molar-refractivity contribution is -0.161. The van der Waals surface area contributed by atoms with Gasteiger partial charge in [-0.2, -0.15) is 0 Å². The molecule has 278 valence electrons. The molecule has 3 atom stereocenters. The summed E-state index contributed by atoms with van der Waals surface area (Å²) in [6, 6.07) is 0. The minimum atomic E-state index is -4.82. The highest BCUT2D eigenvalue weighted by Crippen LogP contribution is 2.36. The second-order valence-corrected chi connectivity index (χ2v) is 13.4. The monoisotopic (exact) mass is 700 g/mol. The number of allylic oxidation sites excluding steroid dienone is 7. The maximum atomic E-state index is 12.3. The van der Waals surface area contributed by atoms with Gasteiger partial charge < -0.3 is 29.5 Å². The standard InChI is InChI=1S/C37H65O10P/c1-3-5-7-9-11-13-15-17-18-20-22-24-27-34(38)35(39)28-26-30-36(40)45-31-33(32-46-48(42,43)44)47-37(41)29-25-23-21-19-16-14-12-10-8-6-4-2/h10-13,17-18,22,24,33-35,38-39H,3-9,14-16,19-21,23,25-32H2,1-2H3,(H2,42,43,44)/b12-10-,13-11-,18-17-,24-22-/t33-,34?,35?/m1/s1. The fraction of sp³-hybridized carbons (Fsp3) is 0.730. The van der Waals surface area contributed by atoms with Gasteiger partial charge >= 0.3 is 19.8 Å². The topological polar surface area (TPSA) is 160 Å². The number of ether oxygens (including phenoxy) is 2. The Hall–Kier alpha value is -2.07. The number of carbonyl (C=O) groups excluding carboxylic acids is 2. The molecule has 0 aromatic heterocycles. The SMILES string of the molecule is CCCC/C=C\CCCCCCCC(=O)O[C@H](COC(=O)CCCC(O)C(O)C/C=C\C/C=C\C/C=C\CCCCC)COP(=O)(O)O. The molecular weight excluding hydrogens is 635 g/mol. The summed E-state index contributed by atoms with van der Waals surface area (Å²) in [5.74, 6) is -1.19. The lowest BCUT2D eigenvalue weighted by Crippen LogP contribution is -2.29. The van der Waals surface area contributed by atoms with Crippen molar-refractivity contribution in [2.24, 2.45) is 0 Å². The maximum Gasteiger partial charge on any atom is 0.469 e. The van der Waals surface area contributed by atoms with E-state index in [2.05, 4.69) is 54.8 Å². The molecule has 0 heterocycles. The van der Waals surface area contributed by atoms with Crippen molar-refractivity contribution in [2.45, 2.75) is 161 Å². The summed E-state index contributed by atoms with van der Waals surface area (Å²) < 4.78 is 26.1. The second kappa shape index (κ2) is 32.2. The largest absolute Gasteiger partial charge is 0.469 e. The Bertz CT molecular complexity index is 956. The first-order valence-corrected chi connectivity index (χ1v) is 19.6. The second-order valence-electron chi connectivity index (χ2n) is 12.1. The van der Waals surface area contributed by atoms with E-state index in [1.807, 2.05) is 12.2 Å². The first-order chi connectivity index (χ1) is 23.1. The number of esters is 2. The van der Waals surface area contributed by atoms with Crippen LogP contribution in [-0.2, 0) is 28.2 Å². The highest BCUT2D eigenvalue weighted by molar-refractivity contribution is 7.46. The van der Waals surface area contributed by atoms with Crippen LogP contribution in [-0.4, -0.2) is 63.5 Å². The van der Waals surface area contributed by atoms with Crippen LogP contribution in [0.15, 0.2) is 48.6 Å². The molecule has 48 heavy (non-hydrogen) atoms. The predicted octanol–water partition coefficient (Wildman–Crippen LogP) is 8.34. The fourth-order valence-electron chi connectivity index (χ4n) is 4.63. The van der Waals surface area contributed by atoms with E-state index in [4.69, 9.17) is 19.3 Å². The molecule has 2 unspecified atom stereocenters. The average molecular weight is 701 g/mol. The van der Waals surface area contributed by atoms with Crippen molar-refractivity contribution < 1.29 is 48.2 Å². The van der Waals surface area contributed by atoms with Gasteiger partial charge in [0.05, 0.1) is 18.8 Å². The van der Waals surface area contributed by atoms with Gasteiger partial charge in [0.1, 0.15) is 6.61 Å². The van der Waals surface area contributed by atoms with Crippen LogP contribution in [0.4, 0.5) is 0 Å². The van der Waals surface area contributed by atoms with E-state index in [1.54, 1.807) is 0 Å². The Morgan fingerprint density at radius 2 is 1.17 bits per heavy atom. The third-order valence-corrected chi connectivity index (χ3v) is 8.01. The molecule has 0 aliphatic carbocycles. The number of aliphatic hydroxyl groups is 2. The van der Waals surface area contributed by atoms with E-state index in [-0.39, 0.29) is 25.7 Å². The van der Waals surface area contributed by atoms with E-state index in [0.717, 1.165) is 57.8 Å². The molecule has 0 saturated carbocycles. The molecule has 11 heteroatoms. The van der Waals surface area contributed by atoms with Crippen LogP contribution in [0.25, 0.3) is 0 Å². The van der Waals surface area contributed by atoms with Gasteiger partial charge in [-0.3, -0.25) is 14.1 Å². The predicted molar refractivity (Wildman–Crippen MR) is 191 cm³/mol. The molecule has 0 rings (SSSR count). The van der Waals surface area contributed by atoms with Crippen LogP contribution in [0.3, 0.4) is 0 Å². The third kappa shape index (κ3) is 32.5. The Morgan fingerprint density at radius 1 is 0.625 bits per heavy atom. The Kier molecular flexibility index (Phi) is 30.8. The quantitative estimate of drug-likeness (QED) is 0.0232. The molecule has 0 aliphatic heterocycles. The lowest BCUT2D eigenvalue weighted by Gasteiger charge is -2.19. The van der Waals surface area contributed by atoms with Crippen LogP contribution >= 0.6 is 7.82 Å². The Morgan fingerprint density at radius 3 is 1.83 bits per heavy atom. The highest BCUT2D eigenvalue weighted by Gasteiger charge is 2.23. The molecular formula is C37H65O10P. The molecule has 4 N–H and O–H groups in total. The number of unbranched alkanes of at least 4 members (excludes halogenated alkanes) is 10. The maximum absolute atomic E-state index is 12.3. The van der Waals surface area contributed by atoms with Gasteiger partial charge in [0, 0.05) is 12.8 Å². The van der Waals surface area contributed by atoms with Crippen LogP contribution in [0, 0.1) is 0 Å². The number of carbonyl (C=O) groups is 2. The summed E-state index contributed by atoms with van der Waals surface area (Å²) in [6.07, 6.45) is 30.2. The third-order valence-electron chi connectivity index (χ3n) is 7.52. The molecule has 0 aliphatic rings. The van der Waals surface area contributed by atoms with E-state index >= 15 is 0 Å². The van der Waals surface area contributed by atoms with Crippen molar-refractivity contribution in [3.8, 4) is 0 Å². The van der Waals surface area contributed by atoms with Crippen LogP contribution in [0.1, 0.15) is 142 Å². The van der Waals surface area contributed by atoms with E-state index in [9.17, 15) is 24.4 Å². The van der Waals surface area contributed by atoms with Crippen molar-refractivity contribution in [1.82, 2.24) is 0 Å². The van der Waals surface area contributed by atoms with E-state index in [0.29, 0.717) is 12.8 Å². The lowest BCUT2D eigenvalue weighted by atomic mass is 10.0. The number of hydrogen-bond donors (Lipinski definition) is 4. The molecule has 0 saturated heterocycles. The van der Waals surface area contributed by atoms with Crippen molar-refractivity contribution in [1.29, 1.82) is 0 Å². The van der Waals surface area contributed by atoms with Gasteiger partial charge in [-0.05, 0) is 70.6 Å². The Balaban J connectivity index is 4.27. The van der Waals surface area contributed by atoms with Gasteiger partial charge in [0.2, 0.25) is 0 Å². The van der Waals surface area contributed by atoms with Crippen molar-refractivity contribution in [3.63, 3.8) is 0 Å². The minimum Gasteiger partial charge on any atom is -0.462 e. The van der Waals surface area contributed by atoms with Gasteiger partial charge in [-0.15, -0.1) is 0 Å². The van der Waals surface area contributed by atoms with E-state index < -0.39 is 51.3 Å². The average Bonchev–Trinajstić information content (AvgIpc) is 3.04. The summed E-state index contributed by atoms with van der Waals surface area (Å²) >= 11 is 0. The normalized spacial score (nSPS) is 14.4. The molecule has 0 fully saturated rings. The van der Waals surface area contributed by atoms with Crippen LogP contribution in [0.5, 0.6) is 0 Å². The summed E-state index contributed by atoms with van der Waals surface area (Å²) in [4.78, 5) is 42.6. The number of rotatable bonds is 32. The number of phosphoric acid groups is 1. The van der Waals surface area contributed by atoms with Gasteiger partial charge in [0.25, 0.3) is 0 Å². The van der Waals surface area contributed by atoms with Crippen molar-refractivity contribution in [2.75, 3.05) is 13.2 Å². The van der Waals surface area contributed by atoms with Gasteiger partial charge in [0.15, 0.2) is 6.10 Å². The van der Waals surface area contributed by atoms with Crippen LogP contribution < -0.4 is 0 Å². The molecule has 0 radical (unpaired) electrons. The van der Waals surface area contributed by atoms with Crippen molar-refractivity contribution >= 4 is 19.8 Å². The first kappa shape index (κ1) is 45.9.